The Hall–Kier alpha value is -2.00. The van der Waals surface area contributed by atoms with Crippen LogP contribution in [0.1, 0.15) is 20.8 Å². The predicted molar refractivity (Wildman–Crippen MR) is 75.2 cm³/mol. The van der Waals surface area contributed by atoms with Crippen LogP contribution >= 0.6 is 0 Å². The number of hydrazine groups is 1. The summed E-state index contributed by atoms with van der Waals surface area (Å²) in [5, 5.41) is 14.2. The average Bonchev–Trinajstić information content (AvgIpc) is 2.42. The molecule has 0 aliphatic heterocycles. The van der Waals surface area contributed by atoms with E-state index in [1.54, 1.807) is 0 Å². The van der Waals surface area contributed by atoms with E-state index in [9.17, 15) is 10.1 Å². The Kier molecular flexibility index (Phi) is 6.07. The van der Waals surface area contributed by atoms with Gasteiger partial charge in [0, 0.05) is 6.61 Å². The fourth-order valence-electron chi connectivity index (χ4n) is 1.58. The molecule has 0 saturated carbocycles. The highest BCUT2D eigenvalue weighted by Gasteiger charge is 2.25. The second kappa shape index (κ2) is 7.56. The Morgan fingerprint density at radius 2 is 2.10 bits per heavy atom. The van der Waals surface area contributed by atoms with Crippen molar-refractivity contribution in [2.75, 3.05) is 24.0 Å². The molecule has 0 saturated heterocycles. The van der Waals surface area contributed by atoms with E-state index in [0.29, 0.717) is 13.2 Å². The summed E-state index contributed by atoms with van der Waals surface area (Å²) in [4.78, 5) is 18.2. The average molecular weight is 284 g/mol. The molecule has 0 aliphatic carbocycles. The van der Waals surface area contributed by atoms with Crippen LogP contribution in [0.5, 0.6) is 0 Å². The van der Waals surface area contributed by atoms with E-state index in [-0.39, 0.29) is 29.3 Å². The number of nitro groups is 1. The number of aromatic nitrogens is 2. The van der Waals surface area contributed by atoms with E-state index >= 15 is 0 Å². The lowest BCUT2D eigenvalue weighted by molar-refractivity contribution is -0.383. The minimum absolute atomic E-state index is 0.0357. The maximum atomic E-state index is 11.1. The predicted octanol–water partition coefficient (Wildman–Crippen LogP) is 1.14. The van der Waals surface area contributed by atoms with Gasteiger partial charge in [0.1, 0.15) is 6.33 Å². The van der Waals surface area contributed by atoms with Crippen molar-refractivity contribution in [1.29, 1.82) is 0 Å². The van der Waals surface area contributed by atoms with Crippen LogP contribution in [0, 0.1) is 16.0 Å². The summed E-state index contributed by atoms with van der Waals surface area (Å²) >= 11 is 0. The SMILES string of the molecule is CCOCC(Nc1ncnc(NN)c1[N+](=O)[O-])C(C)C. The van der Waals surface area contributed by atoms with E-state index in [0.717, 1.165) is 0 Å². The normalized spacial score (nSPS) is 12.2. The van der Waals surface area contributed by atoms with Crippen molar-refractivity contribution in [3.8, 4) is 0 Å². The molecular weight excluding hydrogens is 264 g/mol. The third kappa shape index (κ3) is 4.00. The van der Waals surface area contributed by atoms with Crippen LogP contribution in [0.25, 0.3) is 0 Å². The first kappa shape index (κ1) is 16.1. The Balaban J connectivity index is 3.02. The van der Waals surface area contributed by atoms with Crippen molar-refractivity contribution in [3.63, 3.8) is 0 Å². The standard InChI is InChI=1S/C11H20N6O3/c1-4-20-5-8(7(2)3)15-10-9(17(18)19)11(16-12)14-6-13-10/h6-8H,4-5,12H2,1-3H3,(H2,13,14,15,16). The van der Waals surface area contributed by atoms with Gasteiger partial charge < -0.3 is 15.5 Å². The number of ether oxygens (including phenoxy) is 1. The second-order valence-electron chi connectivity index (χ2n) is 4.48. The lowest BCUT2D eigenvalue weighted by Crippen LogP contribution is -2.32. The zero-order chi connectivity index (χ0) is 15.1. The van der Waals surface area contributed by atoms with Crippen molar-refractivity contribution < 1.29 is 9.66 Å². The summed E-state index contributed by atoms with van der Waals surface area (Å²) < 4.78 is 5.37. The van der Waals surface area contributed by atoms with Gasteiger partial charge in [0.15, 0.2) is 0 Å². The molecule has 0 aliphatic rings. The molecule has 1 atom stereocenters. The molecule has 20 heavy (non-hydrogen) atoms. The van der Waals surface area contributed by atoms with E-state index in [1.165, 1.54) is 6.33 Å². The molecular formula is C11H20N6O3. The molecule has 112 valence electrons. The molecule has 1 rings (SSSR count). The molecule has 0 radical (unpaired) electrons. The summed E-state index contributed by atoms with van der Waals surface area (Å²) in [6.45, 7) is 6.88. The molecule has 9 nitrogen and oxygen atoms in total. The van der Waals surface area contributed by atoms with E-state index in [4.69, 9.17) is 10.6 Å². The van der Waals surface area contributed by atoms with Crippen molar-refractivity contribution in [3.05, 3.63) is 16.4 Å². The van der Waals surface area contributed by atoms with Crippen molar-refractivity contribution in [2.24, 2.45) is 11.8 Å². The molecule has 0 aromatic carbocycles. The van der Waals surface area contributed by atoms with Crippen LogP contribution in [0.3, 0.4) is 0 Å². The molecule has 1 aromatic rings. The summed E-state index contributed by atoms with van der Waals surface area (Å²) in [5.74, 6) is 5.53. The summed E-state index contributed by atoms with van der Waals surface area (Å²) in [6, 6.07) is -0.103. The Labute approximate surface area is 117 Å². The number of nitrogen functional groups attached to an aromatic ring is 1. The summed E-state index contributed by atoms with van der Waals surface area (Å²) in [6.07, 6.45) is 1.21. The third-order valence-corrected chi connectivity index (χ3v) is 2.77. The van der Waals surface area contributed by atoms with Crippen molar-refractivity contribution in [1.82, 2.24) is 9.97 Å². The van der Waals surface area contributed by atoms with Crippen LogP contribution in [-0.2, 0) is 4.74 Å². The molecule has 1 heterocycles. The number of rotatable bonds is 8. The lowest BCUT2D eigenvalue weighted by Gasteiger charge is -2.22. The van der Waals surface area contributed by atoms with Gasteiger partial charge in [-0.15, -0.1) is 0 Å². The zero-order valence-corrected chi connectivity index (χ0v) is 11.8. The molecule has 1 unspecified atom stereocenters. The van der Waals surface area contributed by atoms with Crippen LogP contribution in [-0.4, -0.2) is 34.1 Å². The first-order valence-electron chi connectivity index (χ1n) is 6.31. The quantitative estimate of drug-likeness (QED) is 0.368. The van der Waals surface area contributed by atoms with Gasteiger partial charge in [0.05, 0.1) is 17.6 Å². The molecule has 0 spiro atoms. The largest absolute Gasteiger partial charge is 0.380 e. The van der Waals surface area contributed by atoms with Gasteiger partial charge >= 0.3 is 5.69 Å². The van der Waals surface area contributed by atoms with Crippen LogP contribution in [0.2, 0.25) is 0 Å². The minimum atomic E-state index is -0.574. The Bertz CT molecular complexity index is 454. The highest BCUT2D eigenvalue weighted by molar-refractivity contribution is 5.69. The lowest BCUT2D eigenvalue weighted by atomic mass is 10.1. The Morgan fingerprint density at radius 1 is 1.45 bits per heavy atom. The van der Waals surface area contributed by atoms with Crippen molar-refractivity contribution in [2.45, 2.75) is 26.8 Å². The van der Waals surface area contributed by atoms with Gasteiger partial charge in [-0.25, -0.2) is 15.8 Å². The monoisotopic (exact) mass is 284 g/mol. The zero-order valence-electron chi connectivity index (χ0n) is 11.8. The maximum absolute atomic E-state index is 11.1. The molecule has 4 N–H and O–H groups in total. The molecule has 0 fully saturated rings. The molecule has 1 aromatic heterocycles. The fourth-order valence-corrected chi connectivity index (χ4v) is 1.58. The van der Waals surface area contributed by atoms with Gasteiger partial charge in [-0.05, 0) is 12.8 Å². The van der Waals surface area contributed by atoms with Gasteiger partial charge in [-0.1, -0.05) is 13.8 Å². The number of hydrogen-bond donors (Lipinski definition) is 3. The first-order valence-corrected chi connectivity index (χ1v) is 6.31. The maximum Gasteiger partial charge on any atom is 0.354 e. The van der Waals surface area contributed by atoms with Gasteiger partial charge in [0.2, 0.25) is 11.6 Å². The summed E-state index contributed by atoms with van der Waals surface area (Å²) in [5.41, 5.74) is 1.92. The van der Waals surface area contributed by atoms with E-state index < -0.39 is 4.92 Å². The summed E-state index contributed by atoms with van der Waals surface area (Å²) in [7, 11) is 0. The topological polar surface area (TPSA) is 128 Å². The van der Waals surface area contributed by atoms with Crippen LogP contribution in [0.15, 0.2) is 6.33 Å². The smallest absolute Gasteiger partial charge is 0.354 e. The van der Waals surface area contributed by atoms with Gasteiger partial charge in [-0.3, -0.25) is 10.1 Å². The number of nitrogens with two attached hydrogens (primary N) is 1. The van der Waals surface area contributed by atoms with Crippen LogP contribution in [0.4, 0.5) is 17.3 Å². The number of anilines is 2. The van der Waals surface area contributed by atoms with E-state index in [1.807, 2.05) is 20.8 Å². The fraction of sp³-hybridized carbons (Fsp3) is 0.636. The van der Waals surface area contributed by atoms with E-state index in [2.05, 4.69) is 20.7 Å². The molecule has 0 bridgehead atoms. The molecule has 0 amide bonds. The van der Waals surface area contributed by atoms with Gasteiger partial charge in [-0.2, -0.15) is 0 Å². The van der Waals surface area contributed by atoms with Gasteiger partial charge in [0.25, 0.3) is 0 Å². The second-order valence-corrected chi connectivity index (χ2v) is 4.48. The number of nitrogens with one attached hydrogen (secondary N) is 2. The number of nitrogens with zero attached hydrogens (tertiary/aromatic N) is 3. The number of hydrogen-bond acceptors (Lipinski definition) is 8. The Morgan fingerprint density at radius 3 is 2.60 bits per heavy atom. The third-order valence-electron chi connectivity index (χ3n) is 2.77. The highest BCUT2D eigenvalue weighted by Crippen LogP contribution is 2.29. The first-order chi connectivity index (χ1) is 9.51. The highest BCUT2D eigenvalue weighted by atomic mass is 16.6. The van der Waals surface area contributed by atoms with Crippen LogP contribution < -0.4 is 16.6 Å². The van der Waals surface area contributed by atoms with Crippen molar-refractivity contribution >= 4 is 17.3 Å². The minimum Gasteiger partial charge on any atom is -0.380 e. The molecule has 9 heteroatoms.